The SMILES string of the molecule is [CH]c1cccc(-c2noc(C(F)(F)F)n2)c1. The van der Waals surface area contributed by atoms with Crippen molar-refractivity contribution in [3.63, 3.8) is 0 Å². The Balaban J connectivity index is 2.39. The Morgan fingerprint density at radius 2 is 2.00 bits per heavy atom. The van der Waals surface area contributed by atoms with Crippen LogP contribution in [0.15, 0.2) is 28.8 Å². The molecular formula is C10H5F3N2O. The van der Waals surface area contributed by atoms with Crippen molar-refractivity contribution in [2.24, 2.45) is 0 Å². The van der Waals surface area contributed by atoms with Crippen LogP contribution in [0.5, 0.6) is 0 Å². The van der Waals surface area contributed by atoms with E-state index < -0.39 is 12.1 Å². The molecule has 1 heterocycles. The maximum absolute atomic E-state index is 12.2. The molecule has 82 valence electrons. The lowest BCUT2D eigenvalue weighted by molar-refractivity contribution is -0.159. The van der Waals surface area contributed by atoms with Crippen molar-refractivity contribution >= 4 is 0 Å². The molecule has 2 rings (SSSR count). The lowest BCUT2D eigenvalue weighted by Crippen LogP contribution is -2.04. The zero-order chi connectivity index (χ0) is 11.8. The molecule has 0 unspecified atom stereocenters. The summed E-state index contributed by atoms with van der Waals surface area (Å²) in [6, 6.07) is 6.20. The van der Waals surface area contributed by atoms with E-state index in [1.807, 2.05) is 0 Å². The van der Waals surface area contributed by atoms with Gasteiger partial charge >= 0.3 is 12.1 Å². The molecule has 0 saturated heterocycles. The van der Waals surface area contributed by atoms with Crippen LogP contribution in [-0.4, -0.2) is 10.1 Å². The Morgan fingerprint density at radius 3 is 2.56 bits per heavy atom. The summed E-state index contributed by atoms with van der Waals surface area (Å²) < 4.78 is 40.6. The van der Waals surface area contributed by atoms with Crippen molar-refractivity contribution in [1.29, 1.82) is 0 Å². The minimum Gasteiger partial charge on any atom is -0.329 e. The van der Waals surface area contributed by atoms with Crippen molar-refractivity contribution in [2.75, 3.05) is 0 Å². The summed E-state index contributed by atoms with van der Waals surface area (Å²) in [7, 11) is 0. The maximum atomic E-state index is 12.2. The fraction of sp³-hybridized carbons (Fsp3) is 0.100. The Labute approximate surface area is 88.9 Å². The van der Waals surface area contributed by atoms with Crippen LogP contribution in [0.4, 0.5) is 13.2 Å². The molecule has 1 aromatic carbocycles. The minimum absolute atomic E-state index is 0.139. The van der Waals surface area contributed by atoms with Crippen LogP contribution in [0.25, 0.3) is 11.4 Å². The fourth-order valence-corrected chi connectivity index (χ4v) is 1.13. The van der Waals surface area contributed by atoms with E-state index in [9.17, 15) is 13.2 Å². The molecular weight excluding hydrogens is 221 g/mol. The van der Waals surface area contributed by atoms with E-state index >= 15 is 0 Å². The van der Waals surface area contributed by atoms with E-state index in [1.54, 1.807) is 18.2 Å². The molecule has 0 aliphatic carbocycles. The van der Waals surface area contributed by atoms with E-state index in [0.717, 1.165) is 0 Å². The zero-order valence-electron chi connectivity index (χ0n) is 7.82. The first kappa shape index (κ1) is 10.7. The summed E-state index contributed by atoms with van der Waals surface area (Å²) in [5.41, 5.74) is 0.787. The number of aromatic nitrogens is 2. The van der Waals surface area contributed by atoms with Gasteiger partial charge in [-0.15, -0.1) is 0 Å². The molecule has 6 heteroatoms. The predicted molar refractivity (Wildman–Crippen MR) is 48.1 cm³/mol. The lowest BCUT2D eigenvalue weighted by Gasteiger charge is -1.96. The first-order valence-electron chi connectivity index (χ1n) is 4.23. The van der Waals surface area contributed by atoms with E-state index in [-0.39, 0.29) is 5.82 Å². The van der Waals surface area contributed by atoms with Gasteiger partial charge in [-0.05, 0) is 18.6 Å². The second-order valence-corrected chi connectivity index (χ2v) is 3.05. The van der Waals surface area contributed by atoms with Gasteiger partial charge in [-0.1, -0.05) is 23.4 Å². The van der Waals surface area contributed by atoms with Gasteiger partial charge in [0.05, 0.1) is 0 Å². The standard InChI is InChI=1S/C10H5F3N2O/c1-6-3-2-4-7(5-6)8-14-9(16-15-8)10(11,12)13/h1-5H. The number of rotatable bonds is 1. The zero-order valence-corrected chi connectivity index (χ0v) is 7.82. The van der Waals surface area contributed by atoms with Crippen LogP contribution in [0.3, 0.4) is 0 Å². The minimum atomic E-state index is -4.63. The van der Waals surface area contributed by atoms with Crippen LogP contribution in [0, 0.1) is 6.92 Å². The van der Waals surface area contributed by atoms with Gasteiger partial charge in [0, 0.05) is 5.56 Å². The second kappa shape index (κ2) is 3.62. The fourth-order valence-electron chi connectivity index (χ4n) is 1.13. The van der Waals surface area contributed by atoms with E-state index in [0.29, 0.717) is 11.1 Å². The lowest BCUT2D eigenvalue weighted by atomic mass is 10.1. The molecule has 0 saturated carbocycles. The van der Waals surface area contributed by atoms with Crippen LogP contribution >= 0.6 is 0 Å². The third-order valence-corrected chi connectivity index (χ3v) is 1.81. The van der Waals surface area contributed by atoms with Crippen molar-refractivity contribution in [3.8, 4) is 11.4 Å². The average molecular weight is 226 g/mol. The van der Waals surface area contributed by atoms with Crippen molar-refractivity contribution in [1.82, 2.24) is 10.1 Å². The molecule has 0 aliphatic rings. The Hall–Kier alpha value is -1.85. The number of benzene rings is 1. The largest absolute Gasteiger partial charge is 0.471 e. The van der Waals surface area contributed by atoms with Crippen LogP contribution in [0.2, 0.25) is 0 Å². The summed E-state index contributed by atoms with van der Waals surface area (Å²) in [5.74, 6) is -1.51. The number of alkyl halides is 3. The highest BCUT2D eigenvalue weighted by molar-refractivity contribution is 5.55. The molecule has 2 radical (unpaired) electrons. The summed E-state index contributed by atoms with van der Waals surface area (Å²) >= 11 is 0. The smallest absolute Gasteiger partial charge is 0.329 e. The molecule has 16 heavy (non-hydrogen) atoms. The van der Waals surface area contributed by atoms with Crippen LogP contribution < -0.4 is 0 Å². The van der Waals surface area contributed by atoms with Gasteiger partial charge in [-0.2, -0.15) is 18.2 Å². The number of nitrogens with zero attached hydrogens (tertiary/aromatic N) is 2. The molecule has 0 atom stereocenters. The van der Waals surface area contributed by atoms with E-state index in [2.05, 4.69) is 14.7 Å². The van der Waals surface area contributed by atoms with Gasteiger partial charge in [0.2, 0.25) is 5.82 Å². The maximum Gasteiger partial charge on any atom is 0.471 e. The highest BCUT2D eigenvalue weighted by Gasteiger charge is 2.38. The predicted octanol–water partition coefficient (Wildman–Crippen LogP) is 2.81. The monoisotopic (exact) mass is 226 g/mol. The van der Waals surface area contributed by atoms with E-state index in [4.69, 9.17) is 6.92 Å². The topological polar surface area (TPSA) is 38.9 Å². The van der Waals surface area contributed by atoms with Gasteiger partial charge in [-0.3, -0.25) is 0 Å². The normalized spacial score (nSPS) is 11.8. The van der Waals surface area contributed by atoms with Gasteiger partial charge in [-0.25, -0.2) is 0 Å². The third kappa shape index (κ3) is 2.05. The molecule has 1 aromatic heterocycles. The Bertz CT molecular complexity index is 505. The third-order valence-electron chi connectivity index (χ3n) is 1.81. The van der Waals surface area contributed by atoms with Crippen LogP contribution in [-0.2, 0) is 6.18 Å². The first-order chi connectivity index (χ1) is 7.47. The Morgan fingerprint density at radius 1 is 1.25 bits per heavy atom. The molecule has 0 N–H and O–H groups in total. The molecule has 3 nitrogen and oxygen atoms in total. The number of hydrogen-bond acceptors (Lipinski definition) is 3. The van der Waals surface area contributed by atoms with Crippen molar-refractivity contribution in [2.45, 2.75) is 6.18 Å². The van der Waals surface area contributed by atoms with E-state index in [1.165, 1.54) is 6.07 Å². The summed E-state index contributed by atoms with van der Waals surface area (Å²) in [4.78, 5) is 3.23. The van der Waals surface area contributed by atoms with Crippen molar-refractivity contribution in [3.05, 3.63) is 42.6 Å². The highest BCUT2D eigenvalue weighted by Crippen LogP contribution is 2.29. The summed E-state index contributed by atoms with van der Waals surface area (Å²) in [6.45, 7) is 5.48. The molecule has 0 spiro atoms. The van der Waals surface area contributed by atoms with Gasteiger partial charge < -0.3 is 4.52 Å². The molecule has 0 amide bonds. The second-order valence-electron chi connectivity index (χ2n) is 3.05. The van der Waals surface area contributed by atoms with Gasteiger partial charge in [0.25, 0.3) is 0 Å². The van der Waals surface area contributed by atoms with Gasteiger partial charge in [0.1, 0.15) is 0 Å². The Kier molecular flexibility index (Phi) is 2.41. The van der Waals surface area contributed by atoms with Crippen molar-refractivity contribution < 1.29 is 17.7 Å². The van der Waals surface area contributed by atoms with Crippen LogP contribution in [0.1, 0.15) is 11.5 Å². The molecule has 2 aromatic rings. The molecule has 0 aliphatic heterocycles. The first-order valence-corrected chi connectivity index (χ1v) is 4.23. The summed E-state index contributed by atoms with van der Waals surface area (Å²) in [6.07, 6.45) is -4.63. The number of halogens is 3. The average Bonchev–Trinajstić information content (AvgIpc) is 2.65. The molecule has 0 fully saturated rings. The summed E-state index contributed by atoms with van der Waals surface area (Å²) in [5, 5.41) is 3.23. The quantitative estimate of drug-likeness (QED) is 0.750. The van der Waals surface area contributed by atoms with Gasteiger partial charge in [0.15, 0.2) is 0 Å². The number of hydrogen-bond donors (Lipinski definition) is 0. The molecule has 0 bridgehead atoms. The highest BCUT2D eigenvalue weighted by atomic mass is 19.4.